The average molecular weight is 365 g/mol. The third-order valence-corrected chi connectivity index (χ3v) is 4.97. The van der Waals surface area contributed by atoms with Crippen LogP contribution in [-0.4, -0.2) is 20.2 Å². The standard InChI is InChI=1S/C19H16FN5S/c20-15-10-8-14(9-11-15)19(17-7-4-12-26-17)21-13-18-22-23-24-25(18)16-5-2-1-3-6-16/h1-12,19,21H,13H2/t19-/m1/s1. The molecule has 2 heterocycles. The summed E-state index contributed by atoms with van der Waals surface area (Å²) in [5.74, 6) is 0.464. The number of nitrogens with zero attached hydrogens (tertiary/aromatic N) is 4. The Kier molecular flexibility index (Phi) is 4.81. The van der Waals surface area contributed by atoms with Gasteiger partial charge in [-0.05, 0) is 51.7 Å². The van der Waals surface area contributed by atoms with Gasteiger partial charge in [0.25, 0.3) is 0 Å². The first-order chi connectivity index (χ1) is 12.8. The van der Waals surface area contributed by atoms with Gasteiger partial charge in [0.05, 0.1) is 18.3 Å². The van der Waals surface area contributed by atoms with Gasteiger partial charge in [0, 0.05) is 4.88 Å². The van der Waals surface area contributed by atoms with E-state index in [4.69, 9.17) is 0 Å². The number of benzene rings is 2. The highest BCUT2D eigenvalue weighted by atomic mass is 32.1. The van der Waals surface area contributed by atoms with Crippen LogP contribution in [0, 0.1) is 5.82 Å². The van der Waals surface area contributed by atoms with E-state index in [1.807, 2.05) is 41.8 Å². The van der Waals surface area contributed by atoms with Crippen molar-refractivity contribution < 1.29 is 4.39 Å². The summed E-state index contributed by atoms with van der Waals surface area (Å²) < 4.78 is 15.0. The van der Waals surface area contributed by atoms with E-state index in [1.54, 1.807) is 28.2 Å². The van der Waals surface area contributed by atoms with E-state index >= 15 is 0 Å². The van der Waals surface area contributed by atoms with Crippen molar-refractivity contribution in [3.8, 4) is 5.69 Å². The first-order valence-electron chi connectivity index (χ1n) is 8.16. The van der Waals surface area contributed by atoms with Crippen molar-refractivity contribution >= 4 is 11.3 Å². The lowest BCUT2D eigenvalue weighted by Gasteiger charge is -2.18. The summed E-state index contributed by atoms with van der Waals surface area (Å²) in [5.41, 5.74) is 1.90. The maximum atomic E-state index is 13.3. The highest BCUT2D eigenvalue weighted by molar-refractivity contribution is 7.10. The number of nitrogens with one attached hydrogen (secondary N) is 1. The minimum Gasteiger partial charge on any atom is -0.298 e. The second kappa shape index (κ2) is 7.55. The van der Waals surface area contributed by atoms with E-state index in [0.717, 1.165) is 16.1 Å². The molecule has 7 heteroatoms. The second-order valence-electron chi connectivity index (χ2n) is 5.72. The van der Waals surface area contributed by atoms with Crippen LogP contribution in [0.25, 0.3) is 5.69 Å². The maximum absolute atomic E-state index is 13.3. The van der Waals surface area contributed by atoms with Crippen molar-refractivity contribution in [3.63, 3.8) is 0 Å². The highest BCUT2D eigenvalue weighted by Crippen LogP contribution is 2.26. The van der Waals surface area contributed by atoms with E-state index in [0.29, 0.717) is 12.4 Å². The van der Waals surface area contributed by atoms with Gasteiger partial charge in [0.1, 0.15) is 5.82 Å². The predicted octanol–water partition coefficient (Wildman–Crippen LogP) is 3.74. The zero-order chi connectivity index (χ0) is 17.8. The molecule has 2 aromatic carbocycles. The van der Waals surface area contributed by atoms with Gasteiger partial charge in [-0.25, -0.2) is 4.39 Å². The maximum Gasteiger partial charge on any atom is 0.170 e. The number of hydrogen-bond acceptors (Lipinski definition) is 5. The first kappa shape index (κ1) is 16.6. The van der Waals surface area contributed by atoms with E-state index in [2.05, 4.69) is 26.9 Å². The summed E-state index contributed by atoms with van der Waals surface area (Å²) in [5, 5.41) is 17.5. The molecule has 0 fully saturated rings. The number of rotatable bonds is 6. The number of para-hydroxylation sites is 1. The summed E-state index contributed by atoms with van der Waals surface area (Å²) in [7, 11) is 0. The lowest BCUT2D eigenvalue weighted by Crippen LogP contribution is -2.23. The minimum absolute atomic E-state index is 0.0588. The van der Waals surface area contributed by atoms with Crippen LogP contribution in [0.5, 0.6) is 0 Å². The molecule has 0 radical (unpaired) electrons. The topological polar surface area (TPSA) is 55.6 Å². The smallest absolute Gasteiger partial charge is 0.170 e. The lowest BCUT2D eigenvalue weighted by molar-refractivity contribution is 0.579. The zero-order valence-electron chi connectivity index (χ0n) is 13.8. The molecule has 2 aromatic heterocycles. The largest absolute Gasteiger partial charge is 0.298 e. The van der Waals surface area contributed by atoms with E-state index < -0.39 is 0 Å². The van der Waals surface area contributed by atoms with Gasteiger partial charge in [0.2, 0.25) is 0 Å². The monoisotopic (exact) mass is 365 g/mol. The van der Waals surface area contributed by atoms with Gasteiger partial charge in [0.15, 0.2) is 5.82 Å². The molecular weight excluding hydrogens is 349 g/mol. The average Bonchev–Trinajstić information content (AvgIpc) is 3.36. The molecule has 26 heavy (non-hydrogen) atoms. The van der Waals surface area contributed by atoms with Gasteiger partial charge in [-0.2, -0.15) is 4.68 Å². The Morgan fingerprint density at radius 2 is 1.81 bits per heavy atom. The summed E-state index contributed by atoms with van der Waals surface area (Å²) in [6, 6.07) is 20.3. The van der Waals surface area contributed by atoms with Crippen LogP contribution < -0.4 is 5.32 Å². The summed E-state index contributed by atoms with van der Waals surface area (Å²) in [6.07, 6.45) is 0. The van der Waals surface area contributed by atoms with Crippen molar-refractivity contribution in [1.29, 1.82) is 0 Å². The quantitative estimate of drug-likeness (QED) is 0.565. The van der Waals surface area contributed by atoms with E-state index in [9.17, 15) is 4.39 Å². The van der Waals surface area contributed by atoms with Crippen molar-refractivity contribution in [2.75, 3.05) is 0 Å². The number of thiophene rings is 1. The minimum atomic E-state index is -0.244. The number of halogens is 1. The third-order valence-electron chi connectivity index (χ3n) is 4.03. The molecule has 0 amide bonds. The Balaban J connectivity index is 1.58. The van der Waals surface area contributed by atoms with Gasteiger partial charge >= 0.3 is 0 Å². The third kappa shape index (κ3) is 3.54. The van der Waals surface area contributed by atoms with E-state index in [1.165, 1.54) is 12.1 Å². The molecule has 0 aliphatic heterocycles. The molecule has 0 aliphatic carbocycles. The van der Waals surface area contributed by atoms with Gasteiger partial charge < -0.3 is 0 Å². The predicted molar refractivity (Wildman–Crippen MR) is 98.6 cm³/mol. The van der Waals surface area contributed by atoms with Crippen LogP contribution >= 0.6 is 11.3 Å². The summed E-state index contributed by atoms with van der Waals surface area (Å²) in [6.45, 7) is 0.474. The van der Waals surface area contributed by atoms with Crippen molar-refractivity contribution in [2.45, 2.75) is 12.6 Å². The lowest BCUT2D eigenvalue weighted by atomic mass is 10.1. The van der Waals surface area contributed by atoms with Crippen LogP contribution in [-0.2, 0) is 6.54 Å². The molecule has 0 bridgehead atoms. The molecule has 1 N–H and O–H groups in total. The summed E-state index contributed by atoms with van der Waals surface area (Å²) >= 11 is 1.65. The Labute approximate surface area is 154 Å². The highest BCUT2D eigenvalue weighted by Gasteiger charge is 2.17. The molecule has 0 saturated heterocycles. The molecular formula is C19H16FN5S. The van der Waals surface area contributed by atoms with Crippen molar-refractivity contribution in [2.24, 2.45) is 0 Å². The molecule has 5 nitrogen and oxygen atoms in total. The number of aromatic nitrogens is 4. The van der Waals surface area contributed by atoms with Gasteiger partial charge in [-0.3, -0.25) is 5.32 Å². The molecule has 4 rings (SSSR count). The van der Waals surface area contributed by atoms with Crippen LogP contribution in [0.3, 0.4) is 0 Å². The molecule has 0 spiro atoms. The Bertz CT molecular complexity index is 951. The Morgan fingerprint density at radius 3 is 2.54 bits per heavy atom. The van der Waals surface area contributed by atoms with Crippen LogP contribution in [0.2, 0.25) is 0 Å². The molecule has 130 valence electrons. The van der Waals surface area contributed by atoms with E-state index in [-0.39, 0.29) is 11.9 Å². The van der Waals surface area contributed by atoms with Gasteiger partial charge in [-0.1, -0.05) is 36.4 Å². The summed E-state index contributed by atoms with van der Waals surface area (Å²) in [4.78, 5) is 1.15. The second-order valence-corrected chi connectivity index (χ2v) is 6.70. The van der Waals surface area contributed by atoms with Gasteiger partial charge in [-0.15, -0.1) is 16.4 Å². The molecule has 0 saturated carbocycles. The molecule has 1 atom stereocenters. The SMILES string of the molecule is Fc1ccc([C@@H](NCc2nnnn2-c2ccccc2)c2cccs2)cc1. The fourth-order valence-corrected chi connectivity index (χ4v) is 3.60. The Morgan fingerprint density at radius 1 is 1.00 bits per heavy atom. The molecule has 4 aromatic rings. The molecule has 0 unspecified atom stereocenters. The number of tetrazole rings is 1. The first-order valence-corrected chi connectivity index (χ1v) is 9.04. The van der Waals surface area contributed by atoms with Crippen LogP contribution in [0.4, 0.5) is 4.39 Å². The fourth-order valence-electron chi connectivity index (χ4n) is 2.77. The van der Waals surface area contributed by atoms with Crippen LogP contribution in [0.15, 0.2) is 72.1 Å². The number of hydrogen-bond donors (Lipinski definition) is 1. The fraction of sp³-hybridized carbons (Fsp3) is 0.105. The van der Waals surface area contributed by atoms with Crippen molar-refractivity contribution in [1.82, 2.24) is 25.5 Å². The van der Waals surface area contributed by atoms with Crippen LogP contribution in [0.1, 0.15) is 22.3 Å². The molecule has 0 aliphatic rings. The van der Waals surface area contributed by atoms with Crippen molar-refractivity contribution in [3.05, 3.63) is 94.2 Å². The normalized spacial score (nSPS) is 12.2. The Hall–Kier alpha value is -2.90. The zero-order valence-corrected chi connectivity index (χ0v) is 14.6.